The minimum atomic E-state index is 0.533. The molecule has 1 heterocycles. The summed E-state index contributed by atoms with van der Waals surface area (Å²) in [7, 11) is 0. The fourth-order valence-corrected chi connectivity index (χ4v) is 2.27. The van der Waals surface area contributed by atoms with Gasteiger partial charge < -0.3 is 10.1 Å². The van der Waals surface area contributed by atoms with Crippen molar-refractivity contribution < 1.29 is 4.74 Å². The molecule has 0 saturated carbocycles. The summed E-state index contributed by atoms with van der Waals surface area (Å²) in [5.41, 5.74) is 3.09. The van der Waals surface area contributed by atoms with Crippen LogP contribution in [0.2, 0.25) is 0 Å². The van der Waals surface area contributed by atoms with Gasteiger partial charge in [0, 0.05) is 22.3 Å². The lowest BCUT2D eigenvalue weighted by molar-refractivity contribution is 0.299. The number of aromatic nitrogens is 1. The van der Waals surface area contributed by atoms with Crippen molar-refractivity contribution in [3.05, 3.63) is 57.8 Å². The third-order valence-electron chi connectivity index (χ3n) is 2.96. The maximum atomic E-state index is 5.92. The van der Waals surface area contributed by atoms with Gasteiger partial charge in [-0.05, 0) is 31.7 Å². The van der Waals surface area contributed by atoms with Crippen LogP contribution >= 0.6 is 15.9 Å². The van der Waals surface area contributed by atoms with Gasteiger partial charge in [0.25, 0.3) is 0 Å². The largest absolute Gasteiger partial charge is 0.487 e. The molecule has 0 aliphatic rings. The van der Waals surface area contributed by atoms with Crippen molar-refractivity contribution in [2.24, 2.45) is 0 Å². The van der Waals surface area contributed by atoms with Gasteiger partial charge in [-0.15, -0.1) is 0 Å². The van der Waals surface area contributed by atoms with Crippen LogP contribution in [-0.4, -0.2) is 11.5 Å². The van der Waals surface area contributed by atoms with Gasteiger partial charge in [-0.1, -0.05) is 41.1 Å². The number of halogens is 1. The average molecular weight is 335 g/mol. The van der Waals surface area contributed by atoms with Crippen molar-refractivity contribution in [2.75, 3.05) is 6.54 Å². The quantitative estimate of drug-likeness (QED) is 0.871. The minimum absolute atomic E-state index is 0.533. The van der Waals surface area contributed by atoms with Crippen LogP contribution < -0.4 is 10.1 Å². The molecule has 0 atom stereocenters. The Hall–Kier alpha value is -1.39. The minimum Gasteiger partial charge on any atom is -0.487 e. The normalized spacial score (nSPS) is 10.6. The van der Waals surface area contributed by atoms with Gasteiger partial charge in [-0.25, -0.2) is 0 Å². The molecular weight excluding hydrogens is 316 g/mol. The smallest absolute Gasteiger partial charge is 0.142 e. The number of aryl methyl sites for hydroxylation is 1. The second-order valence-corrected chi connectivity index (χ2v) is 5.41. The predicted octanol–water partition coefficient (Wildman–Crippen LogP) is 3.84. The summed E-state index contributed by atoms with van der Waals surface area (Å²) in [5.74, 6) is 0.840. The van der Waals surface area contributed by atoms with Crippen molar-refractivity contribution in [1.82, 2.24) is 10.3 Å². The Morgan fingerprint density at radius 1 is 1.20 bits per heavy atom. The van der Waals surface area contributed by atoms with Crippen LogP contribution in [-0.2, 0) is 13.2 Å². The Balaban J connectivity index is 2.10. The monoisotopic (exact) mass is 334 g/mol. The first-order valence-electron chi connectivity index (χ1n) is 6.74. The van der Waals surface area contributed by atoms with Crippen LogP contribution in [0.15, 0.2) is 40.9 Å². The zero-order valence-electron chi connectivity index (χ0n) is 11.8. The molecule has 0 aliphatic carbocycles. The fourth-order valence-electron chi connectivity index (χ4n) is 1.87. The topological polar surface area (TPSA) is 34.2 Å². The molecule has 3 nitrogen and oxygen atoms in total. The number of nitrogens with zero attached hydrogens (tertiary/aromatic N) is 1. The van der Waals surface area contributed by atoms with Crippen molar-refractivity contribution >= 4 is 15.9 Å². The Bertz CT molecular complexity index is 572. The maximum absolute atomic E-state index is 5.92. The molecule has 0 amide bonds. The van der Waals surface area contributed by atoms with Gasteiger partial charge in [-0.2, -0.15) is 0 Å². The molecular formula is C16H19BrN2O. The standard InChI is InChI=1S/C16H19BrN2O/c1-3-18-10-15-16(9-8-12(2)19-15)20-11-13-6-4-5-7-14(13)17/h4-9,18H,3,10-11H2,1-2H3. The molecule has 1 aromatic heterocycles. The highest BCUT2D eigenvalue weighted by Gasteiger charge is 2.07. The first kappa shape index (κ1) is 15.0. The van der Waals surface area contributed by atoms with Crippen LogP contribution in [0.5, 0.6) is 5.75 Å². The van der Waals surface area contributed by atoms with E-state index in [-0.39, 0.29) is 0 Å². The van der Waals surface area contributed by atoms with E-state index in [9.17, 15) is 0 Å². The molecule has 0 radical (unpaired) electrons. The highest BCUT2D eigenvalue weighted by Crippen LogP contribution is 2.21. The SMILES string of the molecule is CCNCc1nc(C)ccc1OCc1ccccc1Br. The molecule has 1 N–H and O–H groups in total. The summed E-state index contributed by atoms with van der Waals surface area (Å²) >= 11 is 3.53. The third kappa shape index (κ3) is 4.05. The lowest BCUT2D eigenvalue weighted by Gasteiger charge is -2.12. The van der Waals surface area contributed by atoms with Gasteiger partial charge in [0.15, 0.2) is 0 Å². The maximum Gasteiger partial charge on any atom is 0.142 e. The van der Waals surface area contributed by atoms with E-state index in [4.69, 9.17) is 4.74 Å². The zero-order valence-corrected chi connectivity index (χ0v) is 13.4. The molecule has 0 fully saturated rings. The highest BCUT2D eigenvalue weighted by atomic mass is 79.9. The van der Waals surface area contributed by atoms with E-state index in [0.29, 0.717) is 6.61 Å². The number of rotatable bonds is 6. The number of hydrogen-bond donors (Lipinski definition) is 1. The third-order valence-corrected chi connectivity index (χ3v) is 3.73. The van der Waals surface area contributed by atoms with Gasteiger partial charge >= 0.3 is 0 Å². The van der Waals surface area contributed by atoms with E-state index in [2.05, 4.69) is 39.2 Å². The summed E-state index contributed by atoms with van der Waals surface area (Å²) in [5, 5.41) is 3.29. The molecule has 0 unspecified atom stereocenters. The van der Waals surface area contributed by atoms with E-state index in [1.165, 1.54) is 0 Å². The Morgan fingerprint density at radius 3 is 2.75 bits per heavy atom. The molecule has 0 aliphatic heterocycles. The molecule has 1 aromatic carbocycles. The summed E-state index contributed by atoms with van der Waals surface area (Å²) in [4.78, 5) is 4.55. The number of nitrogens with one attached hydrogen (secondary N) is 1. The molecule has 2 aromatic rings. The van der Waals surface area contributed by atoms with Crippen molar-refractivity contribution in [2.45, 2.75) is 27.0 Å². The van der Waals surface area contributed by atoms with E-state index >= 15 is 0 Å². The summed E-state index contributed by atoms with van der Waals surface area (Å²) in [6.45, 7) is 6.25. The van der Waals surface area contributed by atoms with Crippen LogP contribution in [0.3, 0.4) is 0 Å². The van der Waals surface area contributed by atoms with E-state index in [1.807, 2.05) is 37.3 Å². The van der Waals surface area contributed by atoms with E-state index < -0.39 is 0 Å². The van der Waals surface area contributed by atoms with Crippen molar-refractivity contribution in [3.8, 4) is 5.75 Å². The summed E-state index contributed by atoms with van der Waals surface area (Å²) in [6, 6.07) is 12.0. The van der Waals surface area contributed by atoms with Crippen LogP contribution in [0.4, 0.5) is 0 Å². The molecule has 0 spiro atoms. The van der Waals surface area contributed by atoms with E-state index in [0.717, 1.165) is 40.3 Å². The Kier molecular flexibility index (Phi) is 5.56. The van der Waals surface area contributed by atoms with Crippen LogP contribution in [0, 0.1) is 6.92 Å². The number of ether oxygens (including phenoxy) is 1. The predicted molar refractivity (Wildman–Crippen MR) is 84.8 cm³/mol. The van der Waals surface area contributed by atoms with Crippen molar-refractivity contribution in [3.63, 3.8) is 0 Å². The Morgan fingerprint density at radius 2 is 2.00 bits per heavy atom. The van der Waals surface area contributed by atoms with Crippen LogP contribution in [0.1, 0.15) is 23.9 Å². The van der Waals surface area contributed by atoms with Crippen molar-refractivity contribution in [1.29, 1.82) is 0 Å². The second-order valence-electron chi connectivity index (χ2n) is 4.56. The van der Waals surface area contributed by atoms with Gasteiger partial charge in [-0.3, -0.25) is 4.98 Å². The van der Waals surface area contributed by atoms with E-state index in [1.54, 1.807) is 0 Å². The highest BCUT2D eigenvalue weighted by molar-refractivity contribution is 9.10. The lowest BCUT2D eigenvalue weighted by Crippen LogP contribution is -2.14. The molecule has 20 heavy (non-hydrogen) atoms. The summed E-state index contributed by atoms with van der Waals surface area (Å²) < 4.78 is 6.99. The van der Waals surface area contributed by atoms with Crippen LogP contribution in [0.25, 0.3) is 0 Å². The first-order valence-corrected chi connectivity index (χ1v) is 7.53. The molecule has 106 valence electrons. The van der Waals surface area contributed by atoms with Gasteiger partial charge in [0.05, 0.1) is 5.69 Å². The zero-order chi connectivity index (χ0) is 14.4. The molecule has 4 heteroatoms. The number of benzene rings is 1. The molecule has 0 bridgehead atoms. The van der Waals surface area contributed by atoms with Gasteiger partial charge in [0.2, 0.25) is 0 Å². The molecule has 2 rings (SSSR count). The molecule has 0 saturated heterocycles. The average Bonchev–Trinajstić information content (AvgIpc) is 2.45. The number of hydrogen-bond acceptors (Lipinski definition) is 3. The Labute approximate surface area is 128 Å². The summed E-state index contributed by atoms with van der Waals surface area (Å²) in [6.07, 6.45) is 0. The fraction of sp³-hybridized carbons (Fsp3) is 0.312. The van der Waals surface area contributed by atoms with Gasteiger partial charge in [0.1, 0.15) is 12.4 Å². The second kappa shape index (κ2) is 7.41. The lowest BCUT2D eigenvalue weighted by atomic mass is 10.2. The first-order chi connectivity index (χ1) is 9.70. The number of pyridine rings is 1.